The smallest absolute Gasteiger partial charge is 0.203 e. The molecule has 1 nitrogen and oxygen atoms in total. The molecular weight excluding hydrogens is 140 g/mol. The van der Waals surface area contributed by atoms with Crippen molar-refractivity contribution < 1.29 is 4.43 Å². The van der Waals surface area contributed by atoms with Crippen LogP contribution in [0.2, 0.25) is 0 Å². The Balaban J connectivity index is 2.83. The van der Waals surface area contributed by atoms with Crippen molar-refractivity contribution in [1.29, 1.82) is 0 Å². The van der Waals surface area contributed by atoms with Crippen LogP contribution < -0.4 is 0 Å². The van der Waals surface area contributed by atoms with Crippen LogP contribution in [0.1, 0.15) is 39.0 Å². The minimum Gasteiger partial charge on any atom is -0.559 e. The van der Waals surface area contributed by atoms with E-state index in [4.69, 9.17) is 4.43 Å². The topological polar surface area (TPSA) is 9.23 Å². The molecule has 0 spiro atoms. The maximum atomic E-state index is 4.91. The second-order valence-corrected chi connectivity index (χ2v) is 2.93. The van der Waals surface area contributed by atoms with Crippen LogP contribution in [0, 0.1) is 0 Å². The molecule has 0 aliphatic heterocycles. The van der Waals surface area contributed by atoms with Gasteiger partial charge < -0.3 is 4.43 Å². The van der Waals surface area contributed by atoms with Gasteiger partial charge in [-0.1, -0.05) is 32.3 Å². The first kappa shape index (κ1) is 9.76. The van der Waals surface area contributed by atoms with Crippen LogP contribution in [-0.4, -0.2) is 10.5 Å². The zero-order valence-corrected chi connectivity index (χ0v) is 9.10. The van der Waals surface area contributed by atoms with Gasteiger partial charge in [-0.05, 0) is 12.8 Å². The van der Waals surface area contributed by atoms with Crippen molar-refractivity contribution in [3.63, 3.8) is 0 Å². The molecule has 0 aliphatic rings. The lowest BCUT2D eigenvalue weighted by Gasteiger charge is -1.93. The van der Waals surface area contributed by atoms with E-state index < -0.39 is 0 Å². The molecule has 0 heterocycles. The fraction of sp³-hybridized carbons (Fsp3) is 0.750. The number of hydrogen-bond donors (Lipinski definition) is 0. The number of rotatable bonds is 6. The van der Waals surface area contributed by atoms with Gasteiger partial charge in [-0.25, -0.2) is 0 Å². The Morgan fingerprint density at radius 2 is 2.10 bits per heavy atom. The molecule has 60 valence electrons. The molecule has 0 bridgehead atoms. The molecule has 0 unspecified atom stereocenters. The highest BCUT2D eigenvalue weighted by atomic mass is 28.2. The zero-order valence-electron chi connectivity index (χ0n) is 7.10. The van der Waals surface area contributed by atoms with Crippen LogP contribution >= 0.6 is 0 Å². The van der Waals surface area contributed by atoms with Gasteiger partial charge in [0.1, 0.15) is 0 Å². The van der Waals surface area contributed by atoms with Crippen molar-refractivity contribution in [3.8, 4) is 0 Å². The van der Waals surface area contributed by atoms with Gasteiger partial charge in [-0.3, -0.25) is 0 Å². The van der Waals surface area contributed by atoms with E-state index >= 15 is 0 Å². The third-order valence-corrected chi connectivity index (χ3v) is 1.73. The molecule has 0 saturated carbocycles. The van der Waals surface area contributed by atoms with E-state index in [1.165, 1.54) is 32.1 Å². The van der Waals surface area contributed by atoms with E-state index in [1.54, 1.807) is 0 Å². The van der Waals surface area contributed by atoms with Crippen molar-refractivity contribution in [1.82, 2.24) is 0 Å². The molecule has 0 saturated heterocycles. The van der Waals surface area contributed by atoms with E-state index in [1.807, 2.05) is 6.26 Å². The Morgan fingerprint density at radius 3 is 2.70 bits per heavy atom. The summed E-state index contributed by atoms with van der Waals surface area (Å²) >= 11 is 0. The summed E-state index contributed by atoms with van der Waals surface area (Å²) in [5.74, 6) is 0. The molecule has 0 aliphatic carbocycles. The molecule has 0 aromatic heterocycles. The molecule has 0 rings (SSSR count). The maximum Gasteiger partial charge on any atom is 0.203 e. The highest BCUT2D eigenvalue weighted by Crippen LogP contribution is 2.02. The summed E-state index contributed by atoms with van der Waals surface area (Å²) < 4.78 is 4.91. The molecule has 0 amide bonds. The van der Waals surface area contributed by atoms with Gasteiger partial charge in [0, 0.05) is 0 Å². The fourth-order valence-electron chi connectivity index (χ4n) is 0.853. The molecule has 0 radical (unpaired) electrons. The molecule has 0 aromatic carbocycles. The average Bonchev–Trinajstić information content (AvgIpc) is 1.97. The maximum absolute atomic E-state index is 4.91. The average molecular weight is 158 g/mol. The van der Waals surface area contributed by atoms with E-state index in [9.17, 15) is 0 Å². The van der Waals surface area contributed by atoms with Crippen LogP contribution in [0.15, 0.2) is 12.3 Å². The largest absolute Gasteiger partial charge is 0.559 e. The summed E-state index contributed by atoms with van der Waals surface area (Å²) in [4.78, 5) is 0. The Labute approximate surface area is 67.0 Å². The Kier molecular flexibility index (Phi) is 8.54. The fourth-order valence-corrected chi connectivity index (χ4v) is 1.05. The van der Waals surface area contributed by atoms with Gasteiger partial charge in [-0.15, -0.1) is 0 Å². The van der Waals surface area contributed by atoms with Crippen molar-refractivity contribution in [3.05, 3.63) is 12.3 Å². The van der Waals surface area contributed by atoms with Crippen LogP contribution in [-0.2, 0) is 4.43 Å². The van der Waals surface area contributed by atoms with Gasteiger partial charge >= 0.3 is 0 Å². The van der Waals surface area contributed by atoms with Crippen molar-refractivity contribution in [2.45, 2.75) is 39.0 Å². The third kappa shape index (κ3) is 7.76. The predicted molar refractivity (Wildman–Crippen MR) is 48.9 cm³/mol. The standard InChI is InChI=1S/C8H18OSi/c1-2-3-4-5-6-7-8-9-10/h7-8H,2-6H2,1,10H3. The molecule has 0 aromatic rings. The van der Waals surface area contributed by atoms with E-state index in [0.717, 1.165) is 10.5 Å². The number of hydrogen-bond acceptors (Lipinski definition) is 1. The highest BCUT2D eigenvalue weighted by Gasteiger charge is 1.83. The molecular formula is C8H18OSi. The van der Waals surface area contributed by atoms with Crippen molar-refractivity contribution >= 4 is 10.5 Å². The van der Waals surface area contributed by atoms with Crippen molar-refractivity contribution in [2.75, 3.05) is 0 Å². The van der Waals surface area contributed by atoms with Crippen molar-refractivity contribution in [2.24, 2.45) is 0 Å². The first-order valence-electron chi connectivity index (χ1n) is 4.09. The van der Waals surface area contributed by atoms with Gasteiger partial charge in [-0.2, -0.15) is 0 Å². The summed E-state index contributed by atoms with van der Waals surface area (Å²) in [5.41, 5.74) is 0. The second-order valence-electron chi connectivity index (χ2n) is 2.46. The lowest BCUT2D eigenvalue weighted by Crippen LogP contribution is -1.74. The molecule has 0 atom stereocenters. The predicted octanol–water partition coefficient (Wildman–Crippen LogP) is 1.77. The van der Waals surface area contributed by atoms with Crippen LogP contribution in [0.4, 0.5) is 0 Å². The minimum absolute atomic E-state index is 0.822. The Morgan fingerprint density at radius 1 is 1.30 bits per heavy atom. The molecule has 10 heavy (non-hydrogen) atoms. The highest BCUT2D eigenvalue weighted by molar-refractivity contribution is 5.98. The summed E-state index contributed by atoms with van der Waals surface area (Å²) in [7, 11) is 0.822. The van der Waals surface area contributed by atoms with Gasteiger partial charge in [0.25, 0.3) is 0 Å². The molecule has 0 N–H and O–H groups in total. The van der Waals surface area contributed by atoms with Gasteiger partial charge in [0.05, 0.1) is 6.26 Å². The van der Waals surface area contributed by atoms with Gasteiger partial charge in [0.2, 0.25) is 10.5 Å². The normalized spacial score (nSPS) is 10.9. The first-order valence-corrected chi connectivity index (χ1v) is 4.91. The lowest BCUT2D eigenvalue weighted by molar-refractivity contribution is 0.529. The molecule has 2 heteroatoms. The summed E-state index contributed by atoms with van der Waals surface area (Å²) in [6, 6.07) is 0. The Hall–Kier alpha value is -0.243. The van der Waals surface area contributed by atoms with Crippen LogP contribution in [0.25, 0.3) is 0 Å². The molecule has 0 fully saturated rings. The Bertz CT molecular complexity index is 81.3. The monoisotopic (exact) mass is 158 g/mol. The van der Waals surface area contributed by atoms with E-state index in [0.29, 0.717) is 0 Å². The van der Waals surface area contributed by atoms with Crippen LogP contribution in [0.3, 0.4) is 0 Å². The van der Waals surface area contributed by atoms with Crippen LogP contribution in [0.5, 0.6) is 0 Å². The SMILES string of the molecule is CCCCCCC=CO[SiH3]. The van der Waals surface area contributed by atoms with E-state index in [-0.39, 0.29) is 0 Å². The summed E-state index contributed by atoms with van der Waals surface area (Å²) in [6.07, 6.45) is 10.5. The first-order chi connectivity index (χ1) is 4.91. The second kappa shape index (κ2) is 8.76. The third-order valence-electron chi connectivity index (χ3n) is 1.46. The van der Waals surface area contributed by atoms with E-state index in [2.05, 4.69) is 13.0 Å². The number of allylic oxidation sites excluding steroid dienone is 1. The minimum atomic E-state index is 0.822. The quantitative estimate of drug-likeness (QED) is 0.325. The summed E-state index contributed by atoms with van der Waals surface area (Å²) in [6.45, 7) is 2.23. The zero-order chi connectivity index (χ0) is 7.66. The lowest BCUT2D eigenvalue weighted by atomic mass is 10.2. The number of unbranched alkanes of at least 4 members (excludes halogenated alkanes) is 4. The summed E-state index contributed by atoms with van der Waals surface area (Å²) in [5, 5.41) is 0. The van der Waals surface area contributed by atoms with Gasteiger partial charge in [0.15, 0.2) is 0 Å².